The third-order valence-corrected chi connectivity index (χ3v) is 5.86. The highest BCUT2D eigenvalue weighted by Crippen LogP contribution is 2.39. The second kappa shape index (κ2) is 6.53. The van der Waals surface area contributed by atoms with Crippen LogP contribution in [0.1, 0.15) is 11.6 Å². The van der Waals surface area contributed by atoms with Crippen molar-refractivity contribution in [2.45, 2.75) is 17.1 Å². The van der Waals surface area contributed by atoms with Crippen LogP contribution in [0.5, 0.6) is 0 Å². The molecule has 0 aliphatic carbocycles. The molecule has 1 unspecified atom stereocenters. The van der Waals surface area contributed by atoms with Gasteiger partial charge < -0.3 is 0 Å². The van der Waals surface area contributed by atoms with Crippen LogP contribution in [0.2, 0.25) is 5.02 Å². The van der Waals surface area contributed by atoms with Gasteiger partial charge in [-0.15, -0.1) is 0 Å². The highest BCUT2D eigenvalue weighted by atomic mass is 35.5. The van der Waals surface area contributed by atoms with Gasteiger partial charge in [-0.25, -0.2) is 17.9 Å². The Labute approximate surface area is 151 Å². The van der Waals surface area contributed by atoms with Crippen molar-refractivity contribution in [3.05, 3.63) is 59.5 Å². The van der Waals surface area contributed by atoms with Crippen LogP contribution in [0.4, 0.5) is 13.2 Å². The monoisotopic (exact) mass is 404 g/mol. The van der Waals surface area contributed by atoms with Crippen molar-refractivity contribution in [3.8, 4) is 0 Å². The highest BCUT2D eigenvalue weighted by Gasteiger charge is 2.47. The molecule has 6 nitrogen and oxygen atoms in total. The van der Waals surface area contributed by atoms with E-state index in [1.165, 1.54) is 35.2 Å². The van der Waals surface area contributed by atoms with Gasteiger partial charge in [0, 0.05) is 24.3 Å². The molecule has 2 aromatic heterocycles. The predicted molar refractivity (Wildman–Crippen MR) is 88.2 cm³/mol. The van der Waals surface area contributed by atoms with Crippen molar-refractivity contribution >= 4 is 27.3 Å². The van der Waals surface area contributed by atoms with Crippen LogP contribution < -0.4 is 0 Å². The number of halogens is 4. The van der Waals surface area contributed by atoms with E-state index in [2.05, 4.69) is 10.1 Å². The van der Waals surface area contributed by atoms with Gasteiger partial charge in [0.1, 0.15) is 12.4 Å². The molecule has 11 heteroatoms. The number of fused-ring (bicyclic) bond motifs is 1. The predicted octanol–water partition coefficient (Wildman–Crippen LogP) is 3.31. The van der Waals surface area contributed by atoms with E-state index in [9.17, 15) is 21.6 Å². The van der Waals surface area contributed by atoms with E-state index >= 15 is 0 Å². The number of rotatable bonds is 4. The molecular formula is C15H12ClF3N4O2S. The van der Waals surface area contributed by atoms with Crippen molar-refractivity contribution in [3.63, 3.8) is 0 Å². The van der Waals surface area contributed by atoms with E-state index in [4.69, 9.17) is 11.6 Å². The summed E-state index contributed by atoms with van der Waals surface area (Å²) >= 11 is 5.71. The Balaban J connectivity index is 2.07. The number of aromatic nitrogens is 3. The van der Waals surface area contributed by atoms with E-state index in [0.717, 1.165) is 25.2 Å². The number of pyridine rings is 1. The minimum absolute atomic E-state index is 0.203. The van der Waals surface area contributed by atoms with Crippen LogP contribution in [0.15, 0.2) is 53.8 Å². The lowest BCUT2D eigenvalue weighted by Crippen LogP contribution is -2.39. The Morgan fingerprint density at radius 1 is 1.19 bits per heavy atom. The number of benzene rings is 1. The summed E-state index contributed by atoms with van der Waals surface area (Å²) in [5.74, 6) is 0. The van der Waals surface area contributed by atoms with Crippen LogP contribution in [0.3, 0.4) is 0 Å². The first-order valence-electron chi connectivity index (χ1n) is 7.20. The van der Waals surface area contributed by atoms with Crippen molar-refractivity contribution in [1.29, 1.82) is 0 Å². The normalized spacial score (nSPS) is 14.1. The highest BCUT2D eigenvalue weighted by molar-refractivity contribution is 7.89. The molecule has 26 heavy (non-hydrogen) atoms. The van der Waals surface area contributed by atoms with Crippen LogP contribution in [-0.2, 0) is 10.0 Å². The van der Waals surface area contributed by atoms with Gasteiger partial charge in [-0.3, -0.25) is 0 Å². The zero-order valence-corrected chi connectivity index (χ0v) is 14.8. The van der Waals surface area contributed by atoms with Gasteiger partial charge in [-0.2, -0.15) is 22.6 Å². The summed E-state index contributed by atoms with van der Waals surface area (Å²) in [6.45, 7) is 0. The molecule has 1 aromatic carbocycles. The maximum atomic E-state index is 13.6. The summed E-state index contributed by atoms with van der Waals surface area (Å²) in [5, 5.41) is 4.07. The van der Waals surface area contributed by atoms with E-state index in [1.54, 1.807) is 0 Å². The minimum Gasteiger partial charge on any atom is -0.221 e. The van der Waals surface area contributed by atoms with Gasteiger partial charge in [0.15, 0.2) is 5.65 Å². The lowest BCUT2D eigenvalue weighted by Gasteiger charge is -2.29. The number of nitrogens with zero attached hydrogens (tertiary/aromatic N) is 4. The zero-order valence-electron chi connectivity index (χ0n) is 13.2. The molecule has 0 aliphatic rings. The average Bonchev–Trinajstić information content (AvgIpc) is 3.03. The molecule has 138 valence electrons. The first-order valence-corrected chi connectivity index (χ1v) is 9.02. The standard InChI is InChI=1S/C15H12ClF3N4O2S/c1-22(14(15(17,18)19)10-2-4-11(16)5-3-10)26(24,25)12-6-7-23-13(8-12)20-9-21-23/h2-9,14H,1H3. The lowest BCUT2D eigenvalue weighted by atomic mass is 10.1. The fourth-order valence-corrected chi connectivity index (χ4v) is 3.98. The Bertz CT molecular complexity index is 1030. The number of hydrogen-bond donors (Lipinski definition) is 0. The van der Waals surface area contributed by atoms with E-state index < -0.39 is 22.2 Å². The van der Waals surface area contributed by atoms with Gasteiger partial charge in [-0.05, 0) is 23.8 Å². The molecule has 1 atom stereocenters. The summed E-state index contributed by atoms with van der Waals surface area (Å²) in [7, 11) is -3.56. The van der Waals surface area contributed by atoms with Gasteiger partial charge in [0.05, 0.1) is 4.90 Å². The first kappa shape index (κ1) is 18.6. The topological polar surface area (TPSA) is 67.6 Å². The molecule has 0 amide bonds. The molecule has 0 bridgehead atoms. The fraction of sp³-hybridized carbons (Fsp3) is 0.200. The van der Waals surface area contributed by atoms with Crippen LogP contribution in [-0.4, -0.2) is 40.5 Å². The smallest absolute Gasteiger partial charge is 0.221 e. The van der Waals surface area contributed by atoms with Crippen molar-refractivity contribution in [2.24, 2.45) is 0 Å². The van der Waals surface area contributed by atoms with Crippen LogP contribution in [0.25, 0.3) is 5.65 Å². The number of alkyl halides is 3. The summed E-state index contributed by atoms with van der Waals surface area (Å²) in [4.78, 5) is 3.53. The molecular weight excluding hydrogens is 393 g/mol. The van der Waals surface area contributed by atoms with Crippen molar-refractivity contribution in [2.75, 3.05) is 7.05 Å². The Hall–Kier alpha value is -2.17. The molecule has 0 N–H and O–H groups in total. The van der Waals surface area contributed by atoms with Gasteiger partial charge in [0.25, 0.3) is 0 Å². The summed E-state index contributed by atoms with van der Waals surface area (Å²) in [6.07, 6.45) is -2.30. The molecule has 0 saturated carbocycles. The van der Waals surface area contributed by atoms with E-state index in [-0.39, 0.29) is 21.1 Å². The summed E-state index contributed by atoms with van der Waals surface area (Å²) < 4.78 is 68.1. The Kier molecular flexibility index (Phi) is 4.67. The van der Waals surface area contributed by atoms with Gasteiger partial charge >= 0.3 is 6.18 Å². The second-order valence-corrected chi connectivity index (χ2v) is 7.88. The third-order valence-electron chi connectivity index (χ3n) is 3.79. The maximum absolute atomic E-state index is 13.6. The Morgan fingerprint density at radius 2 is 1.85 bits per heavy atom. The molecule has 3 rings (SSSR count). The lowest BCUT2D eigenvalue weighted by molar-refractivity contribution is -0.171. The Morgan fingerprint density at radius 3 is 2.46 bits per heavy atom. The summed E-state index contributed by atoms with van der Waals surface area (Å²) in [5.41, 5.74) is -0.0361. The fourth-order valence-electron chi connectivity index (χ4n) is 2.51. The molecule has 0 saturated heterocycles. The number of hydrogen-bond acceptors (Lipinski definition) is 4. The van der Waals surface area contributed by atoms with Crippen molar-refractivity contribution < 1.29 is 21.6 Å². The maximum Gasteiger partial charge on any atom is 0.409 e. The zero-order chi connectivity index (χ0) is 19.1. The van der Waals surface area contributed by atoms with Gasteiger partial charge in [0.2, 0.25) is 10.0 Å². The minimum atomic E-state index is -4.82. The molecule has 0 spiro atoms. The molecule has 0 radical (unpaired) electrons. The quantitative estimate of drug-likeness (QED) is 0.669. The molecule has 3 aromatic rings. The van der Waals surface area contributed by atoms with Crippen LogP contribution >= 0.6 is 11.6 Å². The van der Waals surface area contributed by atoms with Crippen molar-refractivity contribution in [1.82, 2.24) is 18.9 Å². The average molecular weight is 405 g/mol. The molecule has 0 aliphatic heterocycles. The SMILES string of the molecule is CN(C(c1ccc(Cl)cc1)C(F)(F)F)S(=O)(=O)c1ccn2ncnc2c1. The van der Waals surface area contributed by atoms with E-state index in [0.29, 0.717) is 4.31 Å². The van der Waals surface area contributed by atoms with E-state index in [1.807, 2.05) is 0 Å². The third kappa shape index (κ3) is 3.39. The molecule has 2 heterocycles. The largest absolute Gasteiger partial charge is 0.409 e. The molecule has 0 fully saturated rings. The number of sulfonamides is 1. The van der Waals surface area contributed by atoms with Crippen LogP contribution in [0, 0.1) is 0 Å². The second-order valence-electron chi connectivity index (χ2n) is 5.44. The van der Waals surface area contributed by atoms with Gasteiger partial charge in [-0.1, -0.05) is 23.7 Å². The first-order chi connectivity index (χ1) is 12.1. The summed E-state index contributed by atoms with van der Waals surface area (Å²) in [6, 6.07) is 4.81.